The van der Waals surface area contributed by atoms with Gasteiger partial charge in [0.1, 0.15) is 5.82 Å². The van der Waals surface area contributed by atoms with E-state index in [-0.39, 0.29) is 24.0 Å². The number of nitrogens with one attached hydrogen (secondary N) is 1. The monoisotopic (exact) mass is 343 g/mol. The Bertz CT molecular complexity index is 711. The molecule has 0 unspecified atom stereocenters. The van der Waals surface area contributed by atoms with Crippen molar-refractivity contribution in [2.24, 2.45) is 0 Å². The lowest BCUT2D eigenvalue weighted by Gasteiger charge is -2.28. The zero-order valence-electron chi connectivity index (χ0n) is 14.2. The second-order valence-electron chi connectivity index (χ2n) is 6.18. The van der Waals surface area contributed by atoms with Gasteiger partial charge in [0.2, 0.25) is 0 Å². The summed E-state index contributed by atoms with van der Waals surface area (Å²) in [6.07, 6.45) is 5.04. The van der Waals surface area contributed by atoms with Crippen LogP contribution in [0.25, 0.3) is 0 Å². The number of pyridine rings is 1. The van der Waals surface area contributed by atoms with Gasteiger partial charge in [-0.05, 0) is 42.2 Å². The van der Waals surface area contributed by atoms with Gasteiger partial charge in [-0.15, -0.1) is 0 Å². The summed E-state index contributed by atoms with van der Waals surface area (Å²) in [5.74, 6) is -0.304. The van der Waals surface area contributed by atoms with Crippen LogP contribution in [0.3, 0.4) is 0 Å². The average molecular weight is 343 g/mol. The standard InChI is InChI=1S/C19H22FN3O2/c1-25-18-7-9-23(17(18)11-15-5-3-8-21-12-15)19(24)22-13-14-4-2-6-16(20)10-14/h2-6,8,10,12,17-18H,7,9,11,13H2,1H3,(H,22,24)/t17-,18+/m0/s1. The lowest BCUT2D eigenvalue weighted by Crippen LogP contribution is -2.46. The summed E-state index contributed by atoms with van der Waals surface area (Å²) in [6, 6.07) is 9.94. The lowest BCUT2D eigenvalue weighted by atomic mass is 10.0. The van der Waals surface area contributed by atoms with Crippen molar-refractivity contribution in [3.05, 3.63) is 65.7 Å². The molecule has 2 atom stereocenters. The molecule has 1 aromatic carbocycles. The number of carbonyl (C=O) groups is 1. The second kappa shape index (κ2) is 8.07. The molecule has 3 rings (SSSR count). The predicted octanol–water partition coefficient (Wildman–Crippen LogP) is 2.76. The highest BCUT2D eigenvalue weighted by Gasteiger charge is 2.37. The molecule has 1 aliphatic heterocycles. The van der Waals surface area contributed by atoms with Gasteiger partial charge >= 0.3 is 6.03 Å². The van der Waals surface area contributed by atoms with Gasteiger partial charge in [-0.1, -0.05) is 18.2 Å². The van der Waals surface area contributed by atoms with E-state index in [0.717, 1.165) is 17.5 Å². The van der Waals surface area contributed by atoms with E-state index in [2.05, 4.69) is 10.3 Å². The number of halogens is 1. The Morgan fingerprint density at radius 3 is 2.92 bits per heavy atom. The number of aromatic nitrogens is 1. The lowest BCUT2D eigenvalue weighted by molar-refractivity contribution is 0.0724. The highest BCUT2D eigenvalue weighted by Crippen LogP contribution is 2.24. The highest BCUT2D eigenvalue weighted by molar-refractivity contribution is 5.75. The number of hydrogen-bond acceptors (Lipinski definition) is 3. The van der Waals surface area contributed by atoms with Crippen LogP contribution in [-0.2, 0) is 17.7 Å². The summed E-state index contributed by atoms with van der Waals surface area (Å²) < 4.78 is 18.8. The van der Waals surface area contributed by atoms with Crippen LogP contribution >= 0.6 is 0 Å². The maximum Gasteiger partial charge on any atom is 0.318 e. The van der Waals surface area contributed by atoms with Crippen molar-refractivity contribution in [3.8, 4) is 0 Å². The Labute approximate surface area is 146 Å². The molecule has 132 valence electrons. The summed E-state index contributed by atoms with van der Waals surface area (Å²) in [5, 5.41) is 2.88. The van der Waals surface area contributed by atoms with Crippen LogP contribution in [0.1, 0.15) is 17.5 Å². The molecule has 1 aromatic heterocycles. The van der Waals surface area contributed by atoms with E-state index in [9.17, 15) is 9.18 Å². The quantitative estimate of drug-likeness (QED) is 0.908. The molecule has 25 heavy (non-hydrogen) atoms. The Hall–Kier alpha value is -2.47. The normalized spacial score (nSPS) is 19.8. The Kier molecular flexibility index (Phi) is 5.60. The first-order chi connectivity index (χ1) is 12.2. The third kappa shape index (κ3) is 4.33. The highest BCUT2D eigenvalue weighted by atomic mass is 19.1. The molecule has 0 radical (unpaired) electrons. The molecule has 1 aliphatic rings. The number of hydrogen-bond donors (Lipinski definition) is 1. The minimum Gasteiger partial charge on any atom is -0.379 e. The zero-order valence-corrected chi connectivity index (χ0v) is 14.2. The van der Waals surface area contributed by atoms with E-state index in [1.54, 1.807) is 30.3 Å². The van der Waals surface area contributed by atoms with Crippen LogP contribution in [0.15, 0.2) is 48.8 Å². The van der Waals surface area contributed by atoms with E-state index < -0.39 is 0 Å². The van der Waals surface area contributed by atoms with Crippen molar-refractivity contribution in [2.45, 2.75) is 31.5 Å². The van der Waals surface area contributed by atoms with Crippen LogP contribution in [0, 0.1) is 5.82 Å². The molecule has 0 spiro atoms. The van der Waals surface area contributed by atoms with Crippen molar-refractivity contribution >= 4 is 6.03 Å². The van der Waals surface area contributed by atoms with Crippen LogP contribution in [0.5, 0.6) is 0 Å². The van der Waals surface area contributed by atoms with E-state index in [1.807, 2.05) is 18.3 Å². The first-order valence-electron chi connectivity index (χ1n) is 8.38. The number of benzene rings is 1. The van der Waals surface area contributed by atoms with E-state index in [0.29, 0.717) is 19.5 Å². The number of likely N-dealkylation sites (tertiary alicyclic amines) is 1. The van der Waals surface area contributed by atoms with Crippen molar-refractivity contribution in [1.29, 1.82) is 0 Å². The van der Waals surface area contributed by atoms with Gasteiger partial charge in [0.05, 0.1) is 12.1 Å². The van der Waals surface area contributed by atoms with Crippen molar-refractivity contribution < 1.29 is 13.9 Å². The first kappa shape index (κ1) is 17.4. The molecule has 1 fully saturated rings. The third-order valence-corrected chi connectivity index (χ3v) is 4.55. The number of carbonyl (C=O) groups excluding carboxylic acids is 1. The van der Waals surface area contributed by atoms with Crippen molar-refractivity contribution in [2.75, 3.05) is 13.7 Å². The average Bonchev–Trinajstić information content (AvgIpc) is 3.03. The van der Waals surface area contributed by atoms with Gasteiger partial charge in [0.15, 0.2) is 0 Å². The molecule has 0 aliphatic carbocycles. The molecule has 5 nitrogen and oxygen atoms in total. The maximum absolute atomic E-state index is 13.2. The Morgan fingerprint density at radius 2 is 2.20 bits per heavy atom. The molecule has 0 saturated carbocycles. The molecule has 2 heterocycles. The minimum absolute atomic E-state index is 0.000117. The number of rotatable bonds is 5. The fourth-order valence-corrected chi connectivity index (χ4v) is 3.28. The number of methoxy groups -OCH3 is 1. The summed E-state index contributed by atoms with van der Waals surface area (Å²) in [7, 11) is 1.68. The Balaban J connectivity index is 1.65. The van der Waals surface area contributed by atoms with Gasteiger partial charge < -0.3 is 15.0 Å². The largest absolute Gasteiger partial charge is 0.379 e. The summed E-state index contributed by atoms with van der Waals surface area (Å²) in [5.41, 5.74) is 1.80. The number of nitrogens with zero attached hydrogens (tertiary/aromatic N) is 2. The number of ether oxygens (including phenoxy) is 1. The fraction of sp³-hybridized carbons (Fsp3) is 0.368. The van der Waals surface area contributed by atoms with Gasteiger partial charge in [0.25, 0.3) is 0 Å². The summed E-state index contributed by atoms with van der Waals surface area (Å²) in [6.45, 7) is 0.933. The molecule has 2 amide bonds. The zero-order chi connectivity index (χ0) is 17.6. The van der Waals surface area contributed by atoms with E-state index in [1.165, 1.54) is 12.1 Å². The fourth-order valence-electron chi connectivity index (χ4n) is 3.28. The number of amides is 2. The topological polar surface area (TPSA) is 54.5 Å². The van der Waals surface area contributed by atoms with Gasteiger partial charge in [-0.2, -0.15) is 0 Å². The summed E-state index contributed by atoms with van der Waals surface area (Å²) >= 11 is 0. The van der Waals surface area contributed by atoms with Crippen LogP contribution in [0.2, 0.25) is 0 Å². The maximum atomic E-state index is 13.2. The molecular weight excluding hydrogens is 321 g/mol. The molecule has 2 aromatic rings. The Morgan fingerprint density at radius 1 is 1.36 bits per heavy atom. The molecule has 0 bridgehead atoms. The molecular formula is C19H22FN3O2. The van der Waals surface area contributed by atoms with Crippen LogP contribution in [-0.4, -0.2) is 41.7 Å². The van der Waals surface area contributed by atoms with Gasteiger partial charge in [-0.25, -0.2) is 9.18 Å². The van der Waals surface area contributed by atoms with E-state index in [4.69, 9.17) is 4.74 Å². The van der Waals surface area contributed by atoms with Crippen LogP contribution in [0.4, 0.5) is 9.18 Å². The molecule has 1 saturated heterocycles. The predicted molar refractivity (Wildman–Crippen MR) is 92.5 cm³/mol. The van der Waals surface area contributed by atoms with Crippen molar-refractivity contribution in [3.63, 3.8) is 0 Å². The number of urea groups is 1. The van der Waals surface area contributed by atoms with E-state index >= 15 is 0 Å². The smallest absolute Gasteiger partial charge is 0.318 e. The SMILES string of the molecule is CO[C@@H]1CCN(C(=O)NCc2cccc(F)c2)[C@H]1Cc1cccnc1. The first-order valence-corrected chi connectivity index (χ1v) is 8.38. The molecule has 6 heteroatoms. The summed E-state index contributed by atoms with van der Waals surface area (Å²) in [4.78, 5) is 18.6. The van der Waals surface area contributed by atoms with Gasteiger partial charge in [-0.3, -0.25) is 4.98 Å². The van der Waals surface area contributed by atoms with Crippen molar-refractivity contribution in [1.82, 2.24) is 15.2 Å². The third-order valence-electron chi connectivity index (χ3n) is 4.55. The minimum atomic E-state index is -0.304. The van der Waals surface area contributed by atoms with Crippen LogP contribution < -0.4 is 5.32 Å². The second-order valence-corrected chi connectivity index (χ2v) is 6.18. The molecule has 1 N–H and O–H groups in total. The van der Waals surface area contributed by atoms with Gasteiger partial charge in [0, 0.05) is 32.6 Å².